The van der Waals surface area contributed by atoms with Crippen LogP contribution in [0.4, 0.5) is 11.4 Å². The van der Waals surface area contributed by atoms with Crippen LogP contribution in [-0.2, 0) is 0 Å². The molecule has 0 amide bonds. The number of nitrogens with zero attached hydrogens (tertiary/aromatic N) is 2. The molecule has 0 saturated heterocycles. The Labute approximate surface area is 147 Å². The van der Waals surface area contributed by atoms with Gasteiger partial charge in [-0.25, -0.2) is 0 Å². The van der Waals surface area contributed by atoms with Crippen molar-refractivity contribution in [3.8, 4) is 0 Å². The fourth-order valence-electron chi connectivity index (χ4n) is 2.55. The molecule has 6 heteroatoms. The minimum atomic E-state index is 0.741. The fraction of sp³-hybridized carbons (Fsp3) is 0. The van der Waals surface area contributed by atoms with Crippen LogP contribution in [-0.4, -0.2) is 9.97 Å². The molecule has 0 unspecified atom stereocenters. The maximum Gasteiger partial charge on any atom is 0.0715 e. The molecule has 2 aromatic carbocycles. The molecule has 0 atom stereocenters. The summed E-state index contributed by atoms with van der Waals surface area (Å²) >= 11 is 0. The van der Waals surface area contributed by atoms with E-state index in [2.05, 4.69) is 9.97 Å². The second-order valence-corrected chi connectivity index (χ2v) is 7.42. The van der Waals surface area contributed by atoms with Crippen molar-refractivity contribution >= 4 is 54.8 Å². The van der Waals surface area contributed by atoms with Crippen LogP contribution in [0.5, 0.6) is 0 Å². The quantitative estimate of drug-likeness (QED) is 0.410. The Balaban J connectivity index is 1.77. The number of fused-ring (bicyclic) bond motifs is 2. The first-order valence-corrected chi connectivity index (χ1v) is 9.50. The van der Waals surface area contributed by atoms with E-state index < -0.39 is 0 Å². The van der Waals surface area contributed by atoms with Crippen molar-refractivity contribution in [2.24, 2.45) is 0 Å². The zero-order chi connectivity index (χ0) is 16.5. The number of nitrogens with two attached hydrogens (primary N) is 2. The van der Waals surface area contributed by atoms with Gasteiger partial charge in [-0.2, -0.15) is 0 Å². The minimum absolute atomic E-state index is 0.741. The average Bonchev–Trinajstić information content (AvgIpc) is 2.62. The number of nitrogen functional groups attached to an aromatic ring is 2. The number of pyridine rings is 2. The maximum atomic E-state index is 6.20. The van der Waals surface area contributed by atoms with Gasteiger partial charge in [-0.1, -0.05) is 12.1 Å². The highest BCUT2D eigenvalue weighted by Crippen LogP contribution is 2.47. The molecule has 118 valence electrons. The van der Waals surface area contributed by atoms with E-state index in [9.17, 15) is 0 Å². The van der Waals surface area contributed by atoms with Gasteiger partial charge in [0.1, 0.15) is 0 Å². The predicted octanol–water partition coefficient (Wildman–Crippen LogP) is 4.75. The molecule has 0 aliphatic rings. The summed E-state index contributed by atoms with van der Waals surface area (Å²) < 4.78 is 0. The Morgan fingerprint density at radius 2 is 1.08 bits per heavy atom. The van der Waals surface area contributed by atoms with Crippen LogP contribution in [0.1, 0.15) is 0 Å². The van der Waals surface area contributed by atoms with Crippen LogP contribution in [0, 0.1) is 0 Å². The van der Waals surface area contributed by atoms with E-state index in [1.165, 1.54) is 0 Å². The van der Waals surface area contributed by atoms with Crippen molar-refractivity contribution in [3.05, 3.63) is 60.9 Å². The lowest BCUT2D eigenvalue weighted by atomic mass is 10.2. The first-order chi connectivity index (χ1) is 11.7. The molecule has 0 bridgehead atoms. The molecule has 4 N–H and O–H groups in total. The van der Waals surface area contributed by atoms with Gasteiger partial charge in [0.05, 0.1) is 20.8 Å². The molecule has 0 fully saturated rings. The summed E-state index contributed by atoms with van der Waals surface area (Å²) in [6.45, 7) is 0. The smallest absolute Gasteiger partial charge is 0.0715 e. The van der Waals surface area contributed by atoms with Crippen molar-refractivity contribution in [1.82, 2.24) is 9.97 Å². The van der Waals surface area contributed by atoms with Crippen LogP contribution in [0.15, 0.2) is 70.7 Å². The summed E-state index contributed by atoms with van der Waals surface area (Å²) in [6, 6.07) is 15.6. The lowest BCUT2D eigenvalue weighted by molar-refractivity contribution is 1.39. The molecule has 0 aliphatic heterocycles. The van der Waals surface area contributed by atoms with Gasteiger partial charge in [0, 0.05) is 34.5 Å². The summed E-state index contributed by atoms with van der Waals surface area (Å²) in [5, 5.41) is 2.10. The fourth-order valence-corrected chi connectivity index (χ4v) is 5.19. The third kappa shape index (κ3) is 2.64. The first kappa shape index (κ1) is 15.1. The molecule has 2 aromatic heterocycles. The zero-order valence-corrected chi connectivity index (χ0v) is 14.3. The Hall–Kier alpha value is -2.44. The summed E-state index contributed by atoms with van der Waals surface area (Å²) in [4.78, 5) is 10.8. The number of anilines is 2. The summed E-state index contributed by atoms with van der Waals surface area (Å²) in [5.41, 5.74) is 15.7. The number of hydrogen-bond donors (Lipinski definition) is 2. The van der Waals surface area contributed by atoms with Crippen LogP contribution >= 0.6 is 21.6 Å². The monoisotopic (exact) mass is 350 g/mol. The molecule has 4 nitrogen and oxygen atoms in total. The minimum Gasteiger partial charge on any atom is -0.398 e. The standard InChI is InChI=1S/C18H14N4S2/c19-13-5-7-15-11(3-1-9-21-15)17(13)23-24-18-12-4-2-10-22-16(12)8-6-14(18)20/h1-10H,19-20H2. The van der Waals surface area contributed by atoms with Crippen molar-refractivity contribution in [3.63, 3.8) is 0 Å². The first-order valence-electron chi connectivity index (χ1n) is 7.35. The zero-order valence-electron chi connectivity index (χ0n) is 12.6. The molecule has 4 aromatic rings. The molecule has 4 rings (SSSR count). The molecule has 0 radical (unpaired) electrons. The number of benzene rings is 2. The summed E-state index contributed by atoms with van der Waals surface area (Å²) in [6.07, 6.45) is 3.57. The average molecular weight is 350 g/mol. The van der Waals surface area contributed by atoms with Crippen molar-refractivity contribution in [2.45, 2.75) is 9.79 Å². The van der Waals surface area contributed by atoms with Gasteiger partial charge in [0.25, 0.3) is 0 Å². The summed E-state index contributed by atoms with van der Waals surface area (Å²) in [5.74, 6) is 0. The Morgan fingerprint density at radius 1 is 0.625 bits per heavy atom. The largest absolute Gasteiger partial charge is 0.398 e. The number of rotatable bonds is 3. The normalized spacial score (nSPS) is 11.2. The molecule has 2 heterocycles. The predicted molar refractivity (Wildman–Crippen MR) is 104 cm³/mol. The topological polar surface area (TPSA) is 77.8 Å². The molecule has 24 heavy (non-hydrogen) atoms. The van der Waals surface area contributed by atoms with Crippen molar-refractivity contribution in [1.29, 1.82) is 0 Å². The number of aromatic nitrogens is 2. The van der Waals surface area contributed by atoms with Gasteiger partial charge in [-0.15, -0.1) is 0 Å². The lowest BCUT2D eigenvalue weighted by Gasteiger charge is -2.11. The summed E-state index contributed by atoms with van der Waals surface area (Å²) in [7, 11) is 3.21. The van der Waals surface area contributed by atoms with Gasteiger partial charge < -0.3 is 11.5 Å². The van der Waals surface area contributed by atoms with E-state index in [0.29, 0.717) is 0 Å². The third-order valence-corrected chi connectivity index (χ3v) is 6.32. The third-order valence-electron chi connectivity index (χ3n) is 3.74. The van der Waals surface area contributed by atoms with Crippen LogP contribution < -0.4 is 11.5 Å². The lowest BCUT2D eigenvalue weighted by Crippen LogP contribution is -1.92. The van der Waals surface area contributed by atoms with Crippen molar-refractivity contribution < 1.29 is 0 Å². The SMILES string of the molecule is Nc1ccc2ncccc2c1SSc1c(N)ccc2ncccc12. The van der Waals surface area contributed by atoms with Crippen LogP contribution in [0.2, 0.25) is 0 Å². The van der Waals surface area contributed by atoms with E-state index in [0.717, 1.165) is 43.0 Å². The molecule has 0 saturated carbocycles. The van der Waals surface area contributed by atoms with Crippen LogP contribution in [0.3, 0.4) is 0 Å². The second kappa shape index (κ2) is 6.22. The van der Waals surface area contributed by atoms with Gasteiger partial charge in [0.2, 0.25) is 0 Å². The van der Waals surface area contributed by atoms with Gasteiger partial charge in [-0.3, -0.25) is 9.97 Å². The van der Waals surface area contributed by atoms with E-state index in [1.807, 2.05) is 48.5 Å². The molecular formula is C18H14N4S2. The van der Waals surface area contributed by atoms with Gasteiger partial charge in [-0.05, 0) is 58.0 Å². The van der Waals surface area contributed by atoms with Gasteiger partial charge in [0.15, 0.2) is 0 Å². The highest BCUT2D eigenvalue weighted by molar-refractivity contribution is 8.76. The van der Waals surface area contributed by atoms with E-state index in [4.69, 9.17) is 11.5 Å². The molecule has 0 spiro atoms. The van der Waals surface area contributed by atoms with Crippen LogP contribution in [0.25, 0.3) is 21.8 Å². The molecule has 0 aliphatic carbocycles. The van der Waals surface area contributed by atoms with Gasteiger partial charge >= 0.3 is 0 Å². The maximum absolute atomic E-state index is 6.20. The highest BCUT2D eigenvalue weighted by Gasteiger charge is 2.12. The Bertz CT molecular complexity index is 964. The van der Waals surface area contributed by atoms with E-state index >= 15 is 0 Å². The second-order valence-electron chi connectivity index (χ2n) is 5.27. The number of hydrogen-bond acceptors (Lipinski definition) is 6. The van der Waals surface area contributed by atoms with Crippen molar-refractivity contribution in [2.75, 3.05) is 11.5 Å². The molecular weight excluding hydrogens is 336 g/mol. The van der Waals surface area contributed by atoms with E-state index in [1.54, 1.807) is 34.0 Å². The Kier molecular flexibility index (Phi) is 3.92. The Morgan fingerprint density at radius 3 is 1.54 bits per heavy atom. The van der Waals surface area contributed by atoms with E-state index in [-0.39, 0.29) is 0 Å². The highest BCUT2D eigenvalue weighted by atomic mass is 33.1.